The number of sulfone groups is 1. The van der Waals surface area contributed by atoms with E-state index in [0.717, 1.165) is 23.8 Å². The van der Waals surface area contributed by atoms with Crippen LogP contribution in [-0.2, 0) is 30.6 Å². The molecule has 0 aliphatic rings. The molecule has 0 bridgehead atoms. The molecule has 1 aromatic rings. The Labute approximate surface area is 242 Å². The minimum absolute atomic E-state index is 0.00902. The molecular formula is C28H44N4O8S. The van der Waals surface area contributed by atoms with Crippen LogP contribution in [0.15, 0.2) is 29.7 Å². The molecule has 0 radical (unpaired) electrons. The zero-order valence-corrected chi connectivity index (χ0v) is 25.7. The van der Waals surface area contributed by atoms with Crippen LogP contribution in [0.3, 0.4) is 0 Å². The number of phenols is 1. The number of nitrogens with one attached hydrogen (secondary N) is 3. The highest BCUT2D eigenvalue weighted by molar-refractivity contribution is 7.93. The van der Waals surface area contributed by atoms with Crippen LogP contribution in [0.1, 0.15) is 66.4 Å². The van der Waals surface area contributed by atoms with Crippen molar-refractivity contribution in [1.82, 2.24) is 16.0 Å². The molecule has 0 spiro atoms. The Morgan fingerprint density at radius 3 is 1.90 bits per heavy atom. The van der Waals surface area contributed by atoms with E-state index in [2.05, 4.69) is 16.0 Å². The largest absolute Gasteiger partial charge is 0.502 e. The third-order valence-electron chi connectivity index (χ3n) is 5.91. The molecule has 0 saturated carbocycles. The highest BCUT2D eigenvalue weighted by atomic mass is 32.2. The summed E-state index contributed by atoms with van der Waals surface area (Å²) in [5.74, 6) is -1.91. The number of carbonyl (C=O) groups is 3. The second kappa shape index (κ2) is 16.1. The number of rotatable bonds is 16. The minimum Gasteiger partial charge on any atom is -0.502 e. The van der Waals surface area contributed by atoms with Gasteiger partial charge in [0.15, 0.2) is 15.6 Å². The second-order valence-corrected chi connectivity index (χ2v) is 13.5. The molecule has 0 fully saturated rings. The lowest BCUT2D eigenvalue weighted by Gasteiger charge is -2.27. The van der Waals surface area contributed by atoms with E-state index in [9.17, 15) is 38.0 Å². The maximum absolute atomic E-state index is 13.4. The van der Waals surface area contributed by atoms with Gasteiger partial charge in [0.2, 0.25) is 17.7 Å². The zero-order chi connectivity index (χ0) is 31.5. The maximum atomic E-state index is 13.4. The summed E-state index contributed by atoms with van der Waals surface area (Å²) < 4.78 is 23.3. The molecule has 1 aromatic carbocycles. The van der Waals surface area contributed by atoms with Crippen molar-refractivity contribution in [2.24, 2.45) is 17.8 Å². The molecule has 12 nitrogen and oxygen atoms in total. The molecule has 0 aliphatic heterocycles. The Bertz CT molecular complexity index is 1210. The fourth-order valence-electron chi connectivity index (χ4n) is 4.15. The van der Waals surface area contributed by atoms with Gasteiger partial charge in [0, 0.05) is 23.8 Å². The van der Waals surface area contributed by atoms with Crippen molar-refractivity contribution in [1.29, 1.82) is 0 Å². The summed E-state index contributed by atoms with van der Waals surface area (Å²) >= 11 is 0. The summed E-state index contributed by atoms with van der Waals surface area (Å²) in [5.41, 5.74) is -0.248. The third kappa shape index (κ3) is 14.1. The number of phenolic OH excluding ortho intramolecular Hbond substituents is 1. The molecule has 0 aliphatic carbocycles. The monoisotopic (exact) mass is 596 g/mol. The SMILES string of the molecule is CC(C)C[C@@H](/C=C/S(C)(=O)=O)NC(=O)[C@H](CC(C)C)NC(=O)[C@H](CC(C)C)NC(=O)Cc1ccc(O)c([N+](=O)[O-])c1. The number of nitro benzene ring substituents is 1. The van der Waals surface area contributed by atoms with Gasteiger partial charge < -0.3 is 21.1 Å². The van der Waals surface area contributed by atoms with Gasteiger partial charge in [-0.15, -0.1) is 0 Å². The van der Waals surface area contributed by atoms with Gasteiger partial charge in [-0.05, 0) is 48.6 Å². The predicted molar refractivity (Wildman–Crippen MR) is 157 cm³/mol. The van der Waals surface area contributed by atoms with E-state index in [4.69, 9.17) is 0 Å². The maximum Gasteiger partial charge on any atom is 0.310 e. The van der Waals surface area contributed by atoms with Gasteiger partial charge in [-0.3, -0.25) is 24.5 Å². The average Bonchev–Trinajstić information content (AvgIpc) is 2.81. The summed E-state index contributed by atoms with van der Waals surface area (Å²) in [5, 5.41) is 30.1. The van der Waals surface area contributed by atoms with Crippen LogP contribution >= 0.6 is 0 Å². The summed E-state index contributed by atoms with van der Waals surface area (Å²) in [6, 6.07) is 1.13. The Morgan fingerprint density at radius 1 is 0.902 bits per heavy atom. The van der Waals surface area contributed by atoms with Gasteiger partial charge >= 0.3 is 5.69 Å². The van der Waals surface area contributed by atoms with E-state index < -0.39 is 62.0 Å². The van der Waals surface area contributed by atoms with Crippen molar-refractivity contribution in [2.45, 2.75) is 85.4 Å². The van der Waals surface area contributed by atoms with Crippen molar-refractivity contribution in [3.63, 3.8) is 0 Å². The normalized spacial score (nSPS) is 14.2. The van der Waals surface area contributed by atoms with Crippen LogP contribution in [0.5, 0.6) is 5.75 Å². The lowest BCUT2D eigenvalue weighted by atomic mass is 9.99. The third-order valence-corrected chi connectivity index (χ3v) is 6.56. The fourth-order valence-corrected chi connectivity index (χ4v) is 4.62. The molecule has 41 heavy (non-hydrogen) atoms. The number of amides is 3. The first-order valence-corrected chi connectivity index (χ1v) is 15.6. The van der Waals surface area contributed by atoms with Gasteiger partial charge in [0.05, 0.1) is 11.3 Å². The highest BCUT2D eigenvalue weighted by Crippen LogP contribution is 2.26. The highest BCUT2D eigenvalue weighted by Gasteiger charge is 2.29. The Morgan fingerprint density at radius 2 is 1.41 bits per heavy atom. The molecule has 3 amide bonds. The smallest absolute Gasteiger partial charge is 0.310 e. The minimum atomic E-state index is -3.40. The predicted octanol–water partition coefficient (Wildman–Crippen LogP) is 2.99. The van der Waals surface area contributed by atoms with Gasteiger partial charge in [0.1, 0.15) is 12.1 Å². The topological polar surface area (TPSA) is 185 Å². The standard InChI is InChI=1S/C28H44N4O8S/c1-17(2)12-21(10-11-41(7,39)40)29-27(35)23(14-19(5)6)31-28(36)22(13-18(3)4)30-26(34)16-20-8-9-25(33)24(15-20)32(37)38/h8-11,15,17-19,21-23,33H,12-14,16H2,1-7H3,(H,29,35)(H,30,34)(H,31,36)/b11-10+/t21-,22+,23+/m1/s1. The van der Waals surface area contributed by atoms with Gasteiger partial charge in [0.25, 0.3) is 0 Å². The number of carbonyl (C=O) groups excluding carboxylic acids is 3. The van der Waals surface area contributed by atoms with Crippen LogP contribution in [-0.4, -0.2) is 60.6 Å². The molecular weight excluding hydrogens is 552 g/mol. The molecule has 3 atom stereocenters. The van der Waals surface area contributed by atoms with Crippen LogP contribution in [0.25, 0.3) is 0 Å². The molecule has 0 unspecified atom stereocenters. The first-order chi connectivity index (χ1) is 18.9. The summed E-state index contributed by atoms with van der Waals surface area (Å²) in [7, 11) is -3.40. The number of hydrogen-bond acceptors (Lipinski definition) is 8. The van der Waals surface area contributed by atoms with Crippen LogP contribution in [0.2, 0.25) is 0 Å². The molecule has 230 valence electrons. The molecule has 1 rings (SSSR count). The summed E-state index contributed by atoms with van der Waals surface area (Å²) in [6.45, 7) is 11.4. The number of nitrogens with zero attached hydrogens (tertiary/aromatic N) is 1. The quantitative estimate of drug-likeness (QED) is 0.166. The summed E-state index contributed by atoms with van der Waals surface area (Å²) in [4.78, 5) is 49.8. The number of hydrogen-bond donors (Lipinski definition) is 4. The van der Waals surface area contributed by atoms with Crippen LogP contribution < -0.4 is 16.0 Å². The molecule has 0 saturated heterocycles. The van der Waals surface area contributed by atoms with E-state index in [1.165, 1.54) is 12.1 Å². The first kappa shape index (κ1) is 35.5. The Kier molecular flexibility index (Phi) is 13.9. The molecule has 4 N–H and O–H groups in total. The van der Waals surface area contributed by atoms with Crippen molar-refractivity contribution < 1.29 is 32.8 Å². The molecule has 0 heterocycles. The number of benzene rings is 1. The average molecular weight is 597 g/mol. The Hall–Kier alpha value is -3.48. The molecule has 0 aromatic heterocycles. The van der Waals surface area contributed by atoms with Crippen LogP contribution in [0, 0.1) is 27.9 Å². The summed E-state index contributed by atoms with van der Waals surface area (Å²) in [6.07, 6.45) is 3.30. The van der Waals surface area contributed by atoms with E-state index >= 15 is 0 Å². The Balaban J connectivity index is 3.10. The second-order valence-electron chi connectivity index (χ2n) is 11.6. The van der Waals surface area contributed by atoms with Crippen molar-refractivity contribution >= 4 is 33.2 Å². The van der Waals surface area contributed by atoms with Gasteiger partial charge in [-0.2, -0.15) is 0 Å². The fraction of sp³-hybridized carbons (Fsp3) is 0.607. The number of aromatic hydroxyl groups is 1. The van der Waals surface area contributed by atoms with Gasteiger partial charge in [-0.25, -0.2) is 8.42 Å². The first-order valence-electron chi connectivity index (χ1n) is 13.6. The van der Waals surface area contributed by atoms with Crippen LogP contribution in [0.4, 0.5) is 5.69 Å². The van der Waals surface area contributed by atoms with E-state index in [1.54, 1.807) is 0 Å². The lowest BCUT2D eigenvalue weighted by Crippen LogP contribution is -2.55. The van der Waals surface area contributed by atoms with E-state index in [-0.39, 0.29) is 36.2 Å². The van der Waals surface area contributed by atoms with Crippen molar-refractivity contribution in [3.05, 3.63) is 45.4 Å². The lowest BCUT2D eigenvalue weighted by molar-refractivity contribution is -0.385. The number of nitro groups is 1. The van der Waals surface area contributed by atoms with E-state index in [0.29, 0.717) is 12.8 Å². The zero-order valence-electron chi connectivity index (χ0n) is 24.8. The molecule has 13 heteroatoms. The van der Waals surface area contributed by atoms with E-state index in [1.807, 2.05) is 41.5 Å². The van der Waals surface area contributed by atoms with Crippen molar-refractivity contribution in [2.75, 3.05) is 6.26 Å². The van der Waals surface area contributed by atoms with Gasteiger partial charge in [-0.1, -0.05) is 53.7 Å². The van der Waals surface area contributed by atoms with Crippen molar-refractivity contribution in [3.8, 4) is 5.75 Å².